The Morgan fingerprint density at radius 2 is 2.35 bits per heavy atom. The van der Waals surface area contributed by atoms with Crippen molar-refractivity contribution in [2.75, 3.05) is 6.61 Å². The Morgan fingerprint density at radius 3 is 2.88 bits per heavy atom. The first-order valence-corrected chi connectivity index (χ1v) is 5.24. The number of hydrogen-bond acceptors (Lipinski definition) is 5. The fraction of sp³-hybridized carbons (Fsp3) is 0.600. The van der Waals surface area contributed by atoms with Crippen LogP contribution in [0.2, 0.25) is 0 Å². The standard InChI is InChI=1S/C10H14N2O5/c1-10(16)4-6(5-13)17-8(10)12-3-2-7(14)11-9(12)15/h2-3,6,8,13,16H,4-5H2,1H3,(H,11,14,15)/t6?,8-,10-/m1/s1. The van der Waals surface area contributed by atoms with Crippen LogP contribution in [0.5, 0.6) is 0 Å². The summed E-state index contributed by atoms with van der Waals surface area (Å²) in [7, 11) is 0. The third-order valence-electron chi connectivity index (χ3n) is 2.80. The van der Waals surface area contributed by atoms with Gasteiger partial charge in [-0.05, 0) is 6.92 Å². The number of H-pyrrole nitrogens is 1. The molecule has 0 spiro atoms. The van der Waals surface area contributed by atoms with E-state index in [1.807, 2.05) is 0 Å². The Kier molecular flexibility index (Phi) is 2.90. The summed E-state index contributed by atoms with van der Waals surface area (Å²) < 4.78 is 6.48. The van der Waals surface area contributed by atoms with Crippen LogP contribution in [0.4, 0.5) is 0 Å². The van der Waals surface area contributed by atoms with E-state index >= 15 is 0 Å². The van der Waals surface area contributed by atoms with E-state index in [4.69, 9.17) is 9.84 Å². The van der Waals surface area contributed by atoms with Gasteiger partial charge in [0, 0.05) is 18.7 Å². The average Bonchev–Trinajstić information content (AvgIpc) is 2.54. The van der Waals surface area contributed by atoms with Crippen LogP contribution in [0.25, 0.3) is 0 Å². The number of ether oxygens (including phenoxy) is 1. The molecule has 17 heavy (non-hydrogen) atoms. The monoisotopic (exact) mass is 242 g/mol. The number of aromatic amines is 1. The molecular weight excluding hydrogens is 228 g/mol. The van der Waals surface area contributed by atoms with E-state index in [9.17, 15) is 14.7 Å². The molecule has 1 aromatic heterocycles. The molecule has 1 aliphatic heterocycles. The summed E-state index contributed by atoms with van der Waals surface area (Å²) in [6.45, 7) is 1.29. The molecule has 7 heteroatoms. The summed E-state index contributed by atoms with van der Waals surface area (Å²) in [5, 5.41) is 19.1. The van der Waals surface area contributed by atoms with Gasteiger partial charge in [-0.3, -0.25) is 14.3 Å². The maximum absolute atomic E-state index is 11.6. The zero-order valence-electron chi connectivity index (χ0n) is 9.29. The first-order valence-electron chi connectivity index (χ1n) is 5.24. The average molecular weight is 242 g/mol. The summed E-state index contributed by atoms with van der Waals surface area (Å²) in [6.07, 6.45) is 0.0533. The molecule has 1 aliphatic rings. The van der Waals surface area contributed by atoms with E-state index in [-0.39, 0.29) is 13.0 Å². The van der Waals surface area contributed by atoms with E-state index in [0.717, 1.165) is 4.57 Å². The van der Waals surface area contributed by atoms with E-state index in [1.165, 1.54) is 19.2 Å². The fourth-order valence-electron chi connectivity index (χ4n) is 2.02. The SMILES string of the molecule is C[C@@]1(O)CC(CO)O[C@H]1n1ccc(=O)[nH]c1=O. The molecule has 2 heterocycles. The number of aliphatic hydroxyl groups excluding tert-OH is 1. The van der Waals surface area contributed by atoms with Gasteiger partial charge in [-0.2, -0.15) is 0 Å². The minimum atomic E-state index is -1.27. The normalized spacial score (nSPS) is 32.9. The van der Waals surface area contributed by atoms with Crippen molar-refractivity contribution in [2.24, 2.45) is 0 Å². The molecule has 94 valence electrons. The zero-order valence-corrected chi connectivity index (χ0v) is 9.29. The van der Waals surface area contributed by atoms with E-state index < -0.39 is 29.2 Å². The molecule has 1 aromatic rings. The summed E-state index contributed by atoms with van der Waals surface area (Å²) in [5.74, 6) is 0. The Balaban J connectivity index is 2.40. The van der Waals surface area contributed by atoms with Crippen LogP contribution in [0, 0.1) is 0 Å². The number of nitrogens with one attached hydrogen (secondary N) is 1. The number of hydrogen-bond donors (Lipinski definition) is 3. The van der Waals surface area contributed by atoms with Crippen molar-refractivity contribution in [3.05, 3.63) is 33.1 Å². The van der Waals surface area contributed by atoms with Crippen molar-refractivity contribution >= 4 is 0 Å². The molecule has 0 saturated carbocycles. The first kappa shape index (κ1) is 12.0. The van der Waals surface area contributed by atoms with Gasteiger partial charge in [-0.25, -0.2) is 4.79 Å². The summed E-state index contributed by atoms with van der Waals surface area (Å²) in [6, 6.07) is 1.17. The number of rotatable bonds is 2. The molecule has 1 unspecified atom stereocenters. The third-order valence-corrected chi connectivity index (χ3v) is 2.80. The van der Waals surface area contributed by atoms with Crippen LogP contribution in [0.15, 0.2) is 21.9 Å². The Morgan fingerprint density at radius 1 is 1.65 bits per heavy atom. The van der Waals surface area contributed by atoms with Gasteiger partial charge >= 0.3 is 5.69 Å². The van der Waals surface area contributed by atoms with Gasteiger partial charge in [0.25, 0.3) is 5.56 Å². The zero-order chi connectivity index (χ0) is 12.6. The second-order valence-electron chi connectivity index (χ2n) is 4.37. The van der Waals surface area contributed by atoms with Crippen LogP contribution in [0.1, 0.15) is 19.6 Å². The Labute approximate surface area is 96.3 Å². The maximum Gasteiger partial charge on any atom is 0.330 e. The quantitative estimate of drug-likeness (QED) is 0.589. The molecule has 3 N–H and O–H groups in total. The highest BCUT2D eigenvalue weighted by Crippen LogP contribution is 2.36. The predicted molar refractivity (Wildman–Crippen MR) is 57.6 cm³/mol. The summed E-state index contributed by atoms with van der Waals surface area (Å²) in [4.78, 5) is 24.6. The predicted octanol–water partition coefficient (Wildman–Crippen LogP) is -1.43. The summed E-state index contributed by atoms with van der Waals surface area (Å²) >= 11 is 0. The molecule has 3 atom stereocenters. The van der Waals surface area contributed by atoms with Crippen molar-refractivity contribution in [1.82, 2.24) is 9.55 Å². The maximum atomic E-state index is 11.6. The van der Waals surface area contributed by atoms with Crippen LogP contribution in [-0.4, -0.2) is 38.1 Å². The largest absolute Gasteiger partial charge is 0.394 e. The highest BCUT2D eigenvalue weighted by Gasteiger charge is 2.45. The Hall–Kier alpha value is -1.44. The van der Waals surface area contributed by atoms with Gasteiger partial charge in [-0.1, -0.05) is 0 Å². The Bertz CT molecular complexity index is 518. The second kappa shape index (κ2) is 4.10. The molecule has 0 amide bonds. The molecule has 0 aliphatic carbocycles. The lowest BCUT2D eigenvalue weighted by Gasteiger charge is -2.24. The number of aliphatic hydroxyl groups is 2. The fourth-order valence-corrected chi connectivity index (χ4v) is 2.02. The van der Waals surface area contributed by atoms with Gasteiger partial charge in [0.2, 0.25) is 0 Å². The van der Waals surface area contributed by atoms with Gasteiger partial charge in [-0.15, -0.1) is 0 Å². The highest BCUT2D eigenvalue weighted by atomic mass is 16.5. The molecule has 0 radical (unpaired) electrons. The first-order chi connectivity index (χ1) is 7.94. The van der Waals surface area contributed by atoms with Crippen molar-refractivity contribution in [1.29, 1.82) is 0 Å². The van der Waals surface area contributed by atoms with Gasteiger partial charge in [0.05, 0.1) is 12.7 Å². The molecule has 0 aromatic carbocycles. The molecular formula is C10H14N2O5. The molecule has 1 fully saturated rings. The van der Waals surface area contributed by atoms with Crippen molar-refractivity contribution in [3.8, 4) is 0 Å². The minimum absolute atomic E-state index is 0.222. The topological polar surface area (TPSA) is 105 Å². The second-order valence-corrected chi connectivity index (χ2v) is 4.37. The smallest absolute Gasteiger partial charge is 0.330 e. The van der Waals surface area contributed by atoms with Crippen molar-refractivity contribution < 1.29 is 14.9 Å². The number of aromatic nitrogens is 2. The van der Waals surface area contributed by atoms with Crippen molar-refractivity contribution in [3.63, 3.8) is 0 Å². The third kappa shape index (κ3) is 2.17. The highest BCUT2D eigenvalue weighted by molar-refractivity contribution is 4.94. The summed E-state index contributed by atoms with van der Waals surface area (Å²) in [5.41, 5.74) is -2.43. The van der Waals surface area contributed by atoms with Gasteiger partial charge in [0.15, 0.2) is 6.23 Å². The van der Waals surface area contributed by atoms with Gasteiger partial charge in [0.1, 0.15) is 5.60 Å². The lowest BCUT2D eigenvalue weighted by atomic mass is 10.0. The van der Waals surface area contributed by atoms with Crippen LogP contribution >= 0.6 is 0 Å². The lowest BCUT2D eigenvalue weighted by molar-refractivity contribution is -0.0897. The van der Waals surface area contributed by atoms with E-state index in [1.54, 1.807) is 0 Å². The van der Waals surface area contributed by atoms with Crippen LogP contribution in [-0.2, 0) is 4.74 Å². The minimum Gasteiger partial charge on any atom is -0.394 e. The molecule has 2 rings (SSSR count). The van der Waals surface area contributed by atoms with Gasteiger partial charge < -0.3 is 14.9 Å². The van der Waals surface area contributed by atoms with Crippen LogP contribution < -0.4 is 11.2 Å². The van der Waals surface area contributed by atoms with Crippen LogP contribution in [0.3, 0.4) is 0 Å². The molecule has 7 nitrogen and oxygen atoms in total. The molecule has 0 bridgehead atoms. The van der Waals surface area contributed by atoms with Crippen molar-refractivity contribution in [2.45, 2.75) is 31.3 Å². The number of nitrogens with zero attached hydrogens (tertiary/aromatic N) is 1. The lowest BCUT2D eigenvalue weighted by Crippen LogP contribution is -2.40. The van der Waals surface area contributed by atoms with E-state index in [2.05, 4.69) is 4.98 Å². The van der Waals surface area contributed by atoms with E-state index in [0.29, 0.717) is 0 Å². The molecule has 1 saturated heterocycles.